The average molecular weight is 115 g/mol. The third kappa shape index (κ3) is 1.20. The van der Waals surface area contributed by atoms with Gasteiger partial charge < -0.3 is 10.5 Å². The summed E-state index contributed by atoms with van der Waals surface area (Å²) in [7, 11) is 0. The minimum atomic E-state index is 0.352. The van der Waals surface area contributed by atoms with E-state index in [2.05, 4.69) is 6.92 Å². The van der Waals surface area contributed by atoms with Crippen LogP contribution in [0.4, 0.5) is 0 Å². The fraction of sp³-hybridized carbons (Fsp3) is 1.00. The lowest BCUT2D eigenvalue weighted by Crippen LogP contribution is -2.19. The van der Waals surface area contributed by atoms with Crippen LogP contribution in [0.15, 0.2) is 0 Å². The molecule has 0 radical (unpaired) electrons. The summed E-state index contributed by atoms with van der Waals surface area (Å²) >= 11 is 0. The zero-order chi connectivity index (χ0) is 5.98. The first-order valence-corrected chi connectivity index (χ1v) is 3.18. The molecule has 0 unspecified atom stereocenters. The molecule has 2 N–H and O–H groups in total. The molecule has 0 spiro atoms. The second kappa shape index (κ2) is 2.46. The Hall–Kier alpha value is -0.0800. The van der Waals surface area contributed by atoms with E-state index in [-0.39, 0.29) is 0 Å². The highest BCUT2D eigenvalue weighted by atomic mass is 16.5. The Balaban J connectivity index is 2.22. The van der Waals surface area contributed by atoms with Gasteiger partial charge in [-0.1, -0.05) is 0 Å². The summed E-state index contributed by atoms with van der Waals surface area (Å²) in [6, 6.07) is 0. The van der Waals surface area contributed by atoms with Crippen molar-refractivity contribution in [3.8, 4) is 0 Å². The standard InChI is InChI=1S/C6H13NO/c1-5-2-3-6(4-7)8-5/h5-6H,2-4,7H2,1H3/t5-,6-/m0/s1. The van der Waals surface area contributed by atoms with Crippen LogP contribution in [0.5, 0.6) is 0 Å². The molecule has 0 saturated carbocycles. The van der Waals surface area contributed by atoms with Gasteiger partial charge in [0.15, 0.2) is 0 Å². The molecular weight excluding hydrogens is 102 g/mol. The Kier molecular flexibility index (Phi) is 1.86. The SMILES string of the molecule is C[C@H]1CC[C@@H](CN)O1. The third-order valence-electron chi connectivity index (χ3n) is 1.58. The number of hydrogen-bond acceptors (Lipinski definition) is 2. The molecule has 8 heavy (non-hydrogen) atoms. The molecule has 0 bridgehead atoms. The summed E-state index contributed by atoms with van der Waals surface area (Å²) in [5.74, 6) is 0. The van der Waals surface area contributed by atoms with Crippen LogP contribution in [0.1, 0.15) is 19.8 Å². The summed E-state index contributed by atoms with van der Waals surface area (Å²) in [4.78, 5) is 0. The first-order chi connectivity index (χ1) is 3.83. The van der Waals surface area contributed by atoms with Gasteiger partial charge in [0.1, 0.15) is 0 Å². The van der Waals surface area contributed by atoms with Crippen molar-refractivity contribution in [2.24, 2.45) is 5.73 Å². The number of hydrogen-bond donors (Lipinski definition) is 1. The Morgan fingerprint density at radius 2 is 2.38 bits per heavy atom. The van der Waals surface area contributed by atoms with Crippen LogP contribution in [0, 0.1) is 0 Å². The maximum atomic E-state index is 5.39. The average Bonchev–Trinajstić information content (AvgIpc) is 2.14. The van der Waals surface area contributed by atoms with Gasteiger partial charge in [0.2, 0.25) is 0 Å². The minimum absolute atomic E-state index is 0.352. The quantitative estimate of drug-likeness (QED) is 0.540. The number of nitrogens with two attached hydrogens (primary N) is 1. The van der Waals surface area contributed by atoms with E-state index < -0.39 is 0 Å². The Labute approximate surface area is 50.0 Å². The summed E-state index contributed by atoms with van der Waals surface area (Å²) in [6.07, 6.45) is 3.13. The van der Waals surface area contributed by atoms with E-state index in [1.165, 1.54) is 6.42 Å². The fourth-order valence-electron chi connectivity index (χ4n) is 1.06. The largest absolute Gasteiger partial charge is 0.374 e. The zero-order valence-corrected chi connectivity index (χ0v) is 5.26. The molecular formula is C6H13NO. The molecule has 2 nitrogen and oxygen atoms in total. The van der Waals surface area contributed by atoms with Crippen LogP contribution < -0.4 is 5.73 Å². The third-order valence-corrected chi connectivity index (χ3v) is 1.58. The highest BCUT2D eigenvalue weighted by Gasteiger charge is 2.19. The number of rotatable bonds is 1. The molecule has 1 aliphatic heterocycles. The molecule has 0 aliphatic carbocycles. The molecule has 2 heteroatoms. The first-order valence-electron chi connectivity index (χ1n) is 3.18. The summed E-state index contributed by atoms with van der Waals surface area (Å²) in [6.45, 7) is 2.78. The van der Waals surface area contributed by atoms with Crippen molar-refractivity contribution in [1.82, 2.24) is 0 Å². The van der Waals surface area contributed by atoms with E-state index >= 15 is 0 Å². The van der Waals surface area contributed by atoms with Crippen LogP contribution in [0.3, 0.4) is 0 Å². The van der Waals surface area contributed by atoms with Crippen molar-refractivity contribution in [3.05, 3.63) is 0 Å². The van der Waals surface area contributed by atoms with Crippen LogP contribution >= 0.6 is 0 Å². The highest BCUT2D eigenvalue weighted by molar-refractivity contribution is 4.70. The van der Waals surface area contributed by atoms with E-state index in [1.54, 1.807) is 0 Å². The van der Waals surface area contributed by atoms with Gasteiger partial charge in [0.25, 0.3) is 0 Å². The van der Waals surface area contributed by atoms with Crippen molar-refractivity contribution in [1.29, 1.82) is 0 Å². The van der Waals surface area contributed by atoms with Gasteiger partial charge >= 0.3 is 0 Å². The van der Waals surface area contributed by atoms with Crippen molar-refractivity contribution >= 4 is 0 Å². The van der Waals surface area contributed by atoms with E-state index in [4.69, 9.17) is 10.5 Å². The number of ether oxygens (including phenoxy) is 1. The molecule has 0 aromatic carbocycles. The molecule has 1 saturated heterocycles. The topological polar surface area (TPSA) is 35.2 Å². The fourth-order valence-corrected chi connectivity index (χ4v) is 1.06. The molecule has 1 rings (SSSR count). The predicted octanol–water partition coefficient (Wildman–Crippen LogP) is 0.513. The summed E-state index contributed by atoms with van der Waals surface area (Å²) in [5.41, 5.74) is 5.37. The maximum absolute atomic E-state index is 5.39. The zero-order valence-electron chi connectivity index (χ0n) is 5.26. The molecule has 2 atom stereocenters. The van der Waals surface area contributed by atoms with Crippen LogP contribution in [-0.4, -0.2) is 18.8 Å². The van der Waals surface area contributed by atoms with E-state index in [0.717, 1.165) is 6.42 Å². The monoisotopic (exact) mass is 115 g/mol. The minimum Gasteiger partial charge on any atom is -0.374 e. The Bertz CT molecular complexity index is 74.9. The maximum Gasteiger partial charge on any atom is 0.0701 e. The van der Waals surface area contributed by atoms with Crippen LogP contribution in [0.2, 0.25) is 0 Å². The van der Waals surface area contributed by atoms with E-state index in [0.29, 0.717) is 18.8 Å². The molecule has 0 aromatic rings. The van der Waals surface area contributed by atoms with Gasteiger partial charge in [0.05, 0.1) is 12.2 Å². The van der Waals surface area contributed by atoms with Gasteiger partial charge in [0, 0.05) is 6.54 Å². The molecule has 0 aromatic heterocycles. The normalized spacial score (nSPS) is 38.2. The van der Waals surface area contributed by atoms with Crippen molar-refractivity contribution in [2.45, 2.75) is 32.0 Å². The lowest BCUT2D eigenvalue weighted by molar-refractivity contribution is 0.0612. The smallest absolute Gasteiger partial charge is 0.0701 e. The van der Waals surface area contributed by atoms with Crippen molar-refractivity contribution in [3.63, 3.8) is 0 Å². The Morgan fingerprint density at radius 1 is 1.62 bits per heavy atom. The van der Waals surface area contributed by atoms with Gasteiger partial charge in [-0.3, -0.25) is 0 Å². The second-order valence-corrected chi connectivity index (χ2v) is 2.38. The lowest BCUT2D eigenvalue weighted by Gasteiger charge is -2.05. The van der Waals surface area contributed by atoms with Gasteiger partial charge in [-0.15, -0.1) is 0 Å². The molecule has 48 valence electrons. The molecule has 1 aliphatic rings. The summed E-state index contributed by atoms with van der Waals surface area (Å²) in [5, 5.41) is 0. The first kappa shape index (κ1) is 6.05. The van der Waals surface area contributed by atoms with Crippen molar-refractivity contribution < 1.29 is 4.74 Å². The second-order valence-electron chi connectivity index (χ2n) is 2.38. The predicted molar refractivity (Wildman–Crippen MR) is 32.6 cm³/mol. The van der Waals surface area contributed by atoms with Crippen LogP contribution in [0.25, 0.3) is 0 Å². The van der Waals surface area contributed by atoms with Crippen LogP contribution in [-0.2, 0) is 4.74 Å². The summed E-state index contributed by atoms with van der Waals surface area (Å²) < 4.78 is 5.39. The van der Waals surface area contributed by atoms with Gasteiger partial charge in [-0.05, 0) is 19.8 Å². The van der Waals surface area contributed by atoms with Gasteiger partial charge in [-0.2, -0.15) is 0 Å². The highest BCUT2D eigenvalue weighted by Crippen LogP contribution is 2.17. The van der Waals surface area contributed by atoms with Gasteiger partial charge in [-0.25, -0.2) is 0 Å². The Morgan fingerprint density at radius 3 is 2.62 bits per heavy atom. The molecule has 0 amide bonds. The van der Waals surface area contributed by atoms with E-state index in [1.807, 2.05) is 0 Å². The lowest BCUT2D eigenvalue weighted by atomic mass is 10.2. The van der Waals surface area contributed by atoms with Crippen molar-refractivity contribution in [2.75, 3.05) is 6.54 Å². The molecule has 1 fully saturated rings. The van der Waals surface area contributed by atoms with E-state index in [9.17, 15) is 0 Å². The molecule has 1 heterocycles.